The molecule has 0 bridgehead atoms. The molecule has 0 unspecified atom stereocenters. The number of amidine groups is 1. The summed E-state index contributed by atoms with van der Waals surface area (Å²) >= 11 is 0. The molecule has 2 saturated heterocycles. The third-order valence-corrected chi connectivity index (χ3v) is 3.61. The minimum atomic E-state index is -0.690. The lowest BCUT2D eigenvalue weighted by molar-refractivity contribution is -0.135. The zero-order valence-corrected chi connectivity index (χ0v) is 11.1. The predicted molar refractivity (Wildman–Crippen MR) is 67.1 cm³/mol. The largest absolute Gasteiger partial charge is 0.460 e. The fourth-order valence-electron chi connectivity index (χ4n) is 2.54. The summed E-state index contributed by atoms with van der Waals surface area (Å²) in [6.45, 7) is 3.10. The minimum absolute atomic E-state index is 0.103. The normalized spacial score (nSPS) is 22.9. The second kappa shape index (κ2) is 5.56. The van der Waals surface area contributed by atoms with Crippen molar-refractivity contribution >= 4 is 17.7 Å². The predicted octanol–water partition coefficient (Wildman–Crippen LogP) is -0.00670. The van der Waals surface area contributed by atoms with Gasteiger partial charge in [0.1, 0.15) is 0 Å². The summed E-state index contributed by atoms with van der Waals surface area (Å²) in [6.07, 6.45) is 2.60. The van der Waals surface area contributed by atoms with Gasteiger partial charge in [0.25, 0.3) is 0 Å². The van der Waals surface area contributed by atoms with Gasteiger partial charge < -0.3 is 15.2 Å². The lowest BCUT2D eigenvalue weighted by Gasteiger charge is -2.38. The molecule has 7 nitrogen and oxygen atoms in total. The van der Waals surface area contributed by atoms with E-state index in [2.05, 4.69) is 5.10 Å². The van der Waals surface area contributed by atoms with Crippen LogP contribution in [0.25, 0.3) is 0 Å². The Kier molecular flexibility index (Phi) is 4.04. The lowest BCUT2D eigenvalue weighted by atomic mass is 9.88. The topological polar surface area (TPSA) is 94.2 Å². The smallest absolute Gasteiger partial charge is 0.375 e. The van der Waals surface area contributed by atoms with Crippen LogP contribution in [0.2, 0.25) is 0 Å². The molecule has 1 amide bonds. The van der Waals surface area contributed by atoms with Gasteiger partial charge in [-0.3, -0.25) is 4.79 Å². The molecule has 1 spiro atoms. The highest BCUT2D eigenvalue weighted by Gasteiger charge is 2.47. The molecule has 2 rings (SSSR count). The summed E-state index contributed by atoms with van der Waals surface area (Å²) in [5.41, 5.74) is 5.24. The van der Waals surface area contributed by atoms with Crippen LogP contribution in [0.1, 0.15) is 32.6 Å². The van der Waals surface area contributed by atoms with E-state index in [1.54, 1.807) is 6.92 Å². The second-order valence-electron chi connectivity index (χ2n) is 4.75. The lowest BCUT2D eigenvalue weighted by Crippen LogP contribution is -2.48. The van der Waals surface area contributed by atoms with E-state index in [-0.39, 0.29) is 23.9 Å². The first-order valence-corrected chi connectivity index (χ1v) is 6.51. The highest BCUT2D eigenvalue weighted by molar-refractivity contribution is 6.34. The molecule has 0 radical (unpaired) electrons. The minimum Gasteiger partial charge on any atom is -0.460 e. The van der Waals surface area contributed by atoms with Gasteiger partial charge in [-0.15, -0.1) is 5.10 Å². The summed E-state index contributed by atoms with van der Waals surface area (Å²) in [7, 11) is 0. The monoisotopic (exact) mass is 269 g/mol. The summed E-state index contributed by atoms with van der Waals surface area (Å²) in [6, 6.07) is 0. The van der Waals surface area contributed by atoms with E-state index < -0.39 is 5.97 Å². The number of rotatable bonds is 2. The van der Waals surface area contributed by atoms with Gasteiger partial charge >= 0.3 is 5.97 Å². The van der Waals surface area contributed by atoms with Crippen LogP contribution in [-0.4, -0.2) is 48.1 Å². The van der Waals surface area contributed by atoms with E-state index in [9.17, 15) is 9.59 Å². The number of esters is 1. The average Bonchev–Trinajstić information content (AvgIpc) is 2.69. The van der Waals surface area contributed by atoms with Crippen LogP contribution in [0.3, 0.4) is 0 Å². The van der Waals surface area contributed by atoms with Crippen LogP contribution in [0, 0.1) is 0 Å². The van der Waals surface area contributed by atoms with Crippen molar-refractivity contribution < 1.29 is 19.1 Å². The van der Waals surface area contributed by atoms with E-state index in [1.807, 2.05) is 0 Å². The van der Waals surface area contributed by atoms with Crippen molar-refractivity contribution in [3.05, 3.63) is 0 Å². The number of carbonyl (C=O) groups excluding carboxylic acids is 2. The number of ether oxygens (including phenoxy) is 2. The molecule has 2 N–H and O–H groups in total. The third-order valence-electron chi connectivity index (χ3n) is 3.61. The van der Waals surface area contributed by atoms with Crippen LogP contribution in [0.15, 0.2) is 5.10 Å². The average molecular weight is 269 g/mol. The fraction of sp³-hybridized carbons (Fsp3) is 0.750. The fourth-order valence-corrected chi connectivity index (χ4v) is 2.54. The van der Waals surface area contributed by atoms with Gasteiger partial charge in [0.2, 0.25) is 11.7 Å². The maximum absolute atomic E-state index is 11.9. The Bertz CT molecular complexity index is 402. The number of hydrogen-bond acceptors (Lipinski definition) is 5. The summed E-state index contributed by atoms with van der Waals surface area (Å²) in [4.78, 5) is 23.4. The van der Waals surface area contributed by atoms with Crippen LogP contribution in [0.4, 0.5) is 0 Å². The number of hydrazone groups is 1. The number of nitrogens with two attached hydrogens (primary N) is 1. The van der Waals surface area contributed by atoms with Crippen LogP contribution >= 0.6 is 0 Å². The van der Waals surface area contributed by atoms with Gasteiger partial charge in [0, 0.05) is 19.6 Å². The summed E-state index contributed by atoms with van der Waals surface area (Å²) < 4.78 is 10.1. The van der Waals surface area contributed by atoms with Crippen LogP contribution in [-0.2, 0) is 19.1 Å². The van der Waals surface area contributed by atoms with Gasteiger partial charge in [0.05, 0.1) is 12.1 Å². The van der Waals surface area contributed by atoms with E-state index in [1.165, 1.54) is 5.01 Å². The first-order chi connectivity index (χ1) is 9.09. The standard InChI is InChI=1S/C12H19N3O4/c1-2-19-11(17)10(13)14-15-9(16)3-4-12(15)5-7-18-8-6-12/h2-8H2,1H3,(H2,13,14). The molecule has 0 aromatic rings. The van der Waals surface area contributed by atoms with Gasteiger partial charge in [0.15, 0.2) is 0 Å². The van der Waals surface area contributed by atoms with Crippen LogP contribution in [0.5, 0.6) is 0 Å². The summed E-state index contributed by atoms with van der Waals surface area (Å²) in [5, 5.41) is 5.38. The third kappa shape index (κ3) is 2.70. The Morgan fingerprint density at radius 3 is 2.79 bits per heavy atom. The number of carbonyl (C=O) groups is 2. The van der Waals surface area contributed by atoms with Crippen molar-refractivity contribution in [2.75, 3.05) is 19.8 Å². The molecule has 19 heavy (non-hydrogen) atoms. The molecule has 2 heterocycles. The maximum atomic E-state index is 11.9. The number of hydrogen-bond donors (Lipinski definition) is 1. The Hall–Kier alpha value is -1.63. The molecule has 2 aliphatic heterocycles. The molecule has 2 aliphatic rings. The Morgan fingerprint density at radius 2 is 2.16 bits per heavy atom. The van der Waals surface area contributed by atoms with Crippen molar-refractivity contribution in [3.8, 4) is 0 Å². The molecule has 0 saturated carbocycles. The molecule has 7 heteroatoms. The van der Waals surface area contributed by atoms with Gasteiger partial charge in [-0.1, -0.05) is 0 Å². The van der Waals surface area contributed by atoms with E-state index in [4.69, 9.17) is 15.2 Å². The molecular weight excluding hydrogens is 250 g/mol. The zero-order valence-electron chi connectivity index (χ0n) is 11.1. The molecule has 106 valence electrons. The van der Waals surface area contributed by atoms with E-state index in [0.29, 0.717) is 19.6 Å². The summed E-state index contributed by atoms with van der Waals surface area (Å²) in [5.74, 6) is -1.07. The first kappa shape index (κ1) is 13.8. The van der Waals surface area contributed by atoms with Crippen LogP contribution < -0.4 is 5.73 Å². The van der Waals surface area contributed by atoms with Crippen molar-refractivity contribution in [1.29, 1.82) is 0 Å². The van der Waals surface area contributed by atoms with Crippen molar-refractivity contribution in [3.63, 3.8) is 0 Å². The molecule has 0 atom stereocenters. The van der Waals surface area contributed by atoms with E-state index >= 15 is 0 Å². The number of amides is 1. The Balaban J connectivity index is 2.17. The molecule has 0 aliphatic carbocycles. The van der Waals surface area contributed by atoms with E-state index in [0.717, 1.165) is 19.3 Å². The van der Waals surface area contributed by atoms with Gasteiger partial charge in [-0.25, -0.2) is 9.80 Å². The van der Waals surface area contributed by atoms with Gasteiger partial charge in [-0.2, -0.15) is 0 Å². The highest BCUT2D eigenvalue weighted by atomic mass is 16.5. The molecule has 0 aromatic heterocycles. The molecular formula is C12H19N3O4. The van der Waals surface area contributed by atoms with Crippen molar-refractivity contribution in [1.82, 2.24) is 5.01 Å². The van der Waals surface area contributed by atoms with Crippen molar-refractivity contribution in [2.24, 2.45) is 10.8 Å². The highest BCUT2D eigenvalue weighted by Crippen LogP contribution is 2.38. The SMILES string of the molecule is CCOC(=O)/C(N)=N/N1C(=O)CCC12CCOCC2. The molecule has 2 fully saturated rings. The Morgan fingerprint density at radius 1 is 1.47 bits per heavy atom. The first-order valence-electron chi connectivity index (χ1n) is 6.51. The maximum Gasteiger partial charge on any atom is 0.375 e. The number of nitrogens with zero attached hydrogens (tertiary/aromatic N) is 2. The Labute approximate surface area is 111 Å². The quantitative estimate of drug-likeness (QED) is 0.432. The zero-order chi connectivity index (χ0) is 13.9. The van der Waals surface area contributed by atoms with Gasteiger partial charge in [-0.05, 0) is 26.2 Å². The van der Waals surface area contributed by atoms with Crippen molar-refractivity contribution in [2.45, 2.75) is 38.1 Å². The second-order valence-corrected chi connectivity index (χ2v) is 4.75. The molecule has 0 aromatic carbocycles.